The number of likely N-dealkylation sites (N-methyl/N-ethyl adjacent to an activating group) is 1. The molecule has 4 rings (SSSR count). The number of benzene rings is 1. The first-order valence-electron chi connectivity index (χ1n) is 8.19. The third-order valence-corrected chi connectivity index (χ3v) is 7.14. The molecule has 2 aromatic heterocycles. The zero-order valence-corrected chi connectivity index (χ0v) is 16.6. The second-order valence-electron chi connectivity index (χ2n) is 6.25. The predicted molar refractivity (Wildman–Crippen MR) is 104 cm³/mol. The van der Waals surface area contributed by atoms with E-state index in [1.165, 1.54) is 28.0 Å². The first kappa shape index (κ1) is 17.3. The number of hydrogen-bond acceptors (Lipinski definition) is 5. The average molecular weight is 393 g/mol. The highest BCUT2D eigenvalue weighted by molar-refractivity contribution is 7.99. The number of fused-ring (bicyclic) bond motifs is 3. The van der Waals surface area contributed by atoms with Crippen molar-refractivity contribution >= 4 is 45.1 Å². The maximum Gasteiger partial charge on any atom is 0.189 e. The lowest BCUT2D eigenvalue weighted by atomic mass is 10.1. The fourth-order valence-electron chi connectivity index (χ4n) is 3.09. The van der Waals surface area contributed by atoms with Gasteiger partial charge < -0.3 is 4.90 Å². The summed E-state index contributed by atoms with van der Waals surface area (Å²) < 4.78 is 13.1. The summed E-state index contributed by atoms with van der Waals surface area (Å²) >= 11 is 5.14. The molecular weight excluding hydrogens is 373 g/mol. The summed E-state index contributed by atoms with van der Waals surface area (Å²) in [5.41, 5.74) is 2.55. The molecule has 1 aliphatic heterocycles. The minimum Gasteiger partial charge on any atom is -0.333 e. The van der Waals surface area contributed by atoms with Gasteiger partial charge in [0.25, 0.3) is 0 Å². The highest BCUT2D eigenvalue weighted by atomic mass is 32.2. The molecule has 1 aliphatic rings. The molecule has 3 nitrogen and oxygen atoms in total. The molecule has 3 heterocycles. The molecular formula is C18H19FN3S3+. The van der Waals surface area contributed by atoms with Gasteiger partial charge in [-0.2, -0.15) is 0 Å². The lowest BCUT2D eigenvalue weighted by Crippen LogP contribution is -3.08. The predicted octanol–water partition coefficient (Wildman–Crippen LogP) is 3.42. The molecule has 25 heavy (non-hydrogen) atoms. The third-order valence-electron chi connectivity index (χ3n) is 4.42. The van der Waals surface area contributed by atoms with Crippen LogP contribution in [0.5, 0.6) is 0 Å². The minimum absolute atomic E-state index is 0.193. The Morgan fingerprint density at radius 3 is 2.80 bits per heavy atom. The van der Waals surface area contributed by atoms with Gasteiger partial charge in [-0.1, -0.05) is 23.9 Å². The first-order valence-corrected chi connectivity index (χ1v) is 11.2. The molecule has 1 aromatic carbocycles. The first-order chi connectivity index (χ1) is 12.1. The molecule has 1 atom stereocenters. The average Bonchev–Trinajstić information content (AvgIpc) is 2.98. The number of hydrogen-bond donors (Lipinski definition) is 1. The topological polar surface area (TPSA) is 30.2 Å². The normalized spacial score (nSPS) is 17.0. The van der Waals surface area contributed by atoms with Crippen molar-refractivity contribution in [2.24, 2.45) is 0 Å². The van der Waals surface area contributed by atoms with E-state index in [9.17, 15) is 4.39 Å². The Kier molecular flexibility index (Phi) is 4.99. The lowest BCUT2D eigenvalue weighted by Gasteiger charge is -2.19. The monoisotopic (exact) mass is 392 g/mol. The van der Waals surface area contributed by atoms with Crippen molar-refractivity contribution in [3.05, 3.63) is 46.1 Å². The van der Waals surface area contributed by atoms with Crippen LogP contribution in [-0.2, 0) is 18.7 Å². The quantitative estimate of drug-likeness (QED) is 0.419. The second-order valence-corrected chi connectivity index (χ2v) is 9.07. The van der Waals surface area contributed by atoms with E-state index in [0.717, 1.165) is 45.8 Å². The molecule has 1 N–H and O–H groups in total. The van der Waals surface area contributed by atoms with E-state index in [0.29, 0.717) is 0 Å². The van der Waals surface area contributed by atoms with Crippen LogP contribution in [0.1, 0.15) is 16.0 Å². The number of halogens is 1. The van der Waals surface area contributed by atoms with Crippen LogP contribution in [0.25, 0.3) is 10.2 Å². The summed E-state index contributed by atoms with van der Waals surface area (Å²) in [6, 6.07) is 6.73. The number of thioether (sulfide) groups is 2. The van der Waals surface area contributed by atoms with Gasteiger partial charge in [0, 0.05) is 17.6 Å². The standard InChI is InChI=1S/C18H18FN3S3/c1-22-8-7-13-14(9-22)25-17-15(13)16(20-18(21-17)23-2)24-10-11-3-5-12(19)6-4-11/h3-6H,7-10H2,1-2H3/p+1. The Morgan fingerprint density at radius 2 is 2.04 bits per heavy atom. The van der Waals surface area contributed by atoms with Gasteiger partial charge in [-0.3, -0.25) is 0 Å². The van der Waals surface area contributed by atoms with Gasteiger partial charge in [-0.25, -0.2) is 14.4 Å². The van der Waals surface area contributed by atoms with Crippen LogP contribution in [0.15, 0.2) is 34.4 Å². The van der Waals surface area contributed by atoms with Crippen molar-refractivity contribution in [3.8, 4) is 0 Å². The molecule has 1 unspecified atom stereocenters. The Bertz CT molecular complexity index is 908. The van der Waals surface area contributed by atoms with Crippen LogP contribution in [0, 0.1) is 5.82 Å². The van der Waals surface area contributed by atoms with Crippen LogP contribution in [0.4, 0.5) is 4.39 Å². The number of aromatic nitrogens is 2. The summed E-state index contributed by atoms with van der Waals surface area (Å²) in [4.78, 5) is 13.7. The lowest BCUT2D eigenvalue weighted by molar-refractivity contribution is -0.895. The van der Waals surface area contributed by atoms with Gasteiger partial charge in [0.15, 0.2) is 5.16 Å². The van der Waals surface area contributed by atoms with Crippen LogP contribution >= 0.6 is 34.9 Å². The van der Waals surface area contributed by atoms with Crippen molar-refractivity contribution in [1.29, 1.82) is 0 Å². The maximum atomic E-state index is 13.1. The zero-order chi connectivity index (χ0) is 17.4. The van der Waals surface area contributed by atoms with E-state index < -0.39 is 0 Å². The summed E-state index contributed by atoms with van der Waals surface area (Å²) in [7, 11) is 2.25. The molecule has 0 radical (unpaired) electrons. The Labute approximate surface area is 159 Å². The fourth-order valence-corrected chi connectivity index (χ4v) is 5.98. The highest BCUT2D eigenvalue weighted by Gasteiger charge is 2.25. The van der Waals surface area contributed by atoms with Crippen molar-refractivity contribution in [1.82, 2.24) is 9.97 Å². The second kappa shape index (κ2) is 7.23. The van der Waals surface area contributed by atoms with Crippen molar-refractivity contribution in [2.45, 2.75) is 28.9 Å². The molecule has 0 saturated heterocycles. The van der Waals surface area contributed by atoms with Gasteiger partial charge in [-0.05, 0) is 29.5 Å². The van der Waals surface area contributed by atoms with Gasteiger partial charge in [0.05, 0.1) is 18.5 Å². The molecule has 0 aliphatic carbocycles. The van der Waals surface area contributed by atoms with Crippen LogP contribution in [0.3, 0.4) is 0 Å². The van der Waals surface area contributed by atoms with E-state index >= 15 is 0 Å². The fraction of sp³-hybridized carbons (Fsp3) is 0.333. The number of rotatable bonds is 4. The van der Waals surface area contributed by atoms with Gasteiger partial charge >= 0.3 is 0 Å². The van der Waals surface area contributed by atoms with E-state index in [-0.39, 0.29) is 5.82 Å². The molecule has 0 bridgehead atoms. The molecule has 0 fully saturated rings. The summed E-state index contributed by atoms with van der Waals surface area (Å²) in [6.45, 7) is 2.23. The highest BCUT2D eigenvalue weighted by Crippen LogP contribution is 2.38. The largest absolute Gasteiger partial charge is 0.333 e. The van der Waals surface area contributed by atoms with E-state index in [1.54, 1.807) is 28.4 Å². The molecule has 3 aromatic rings. The van der Waals surface area contributed by atoms with Crippen molar-refractivity contribution in [3.63, 3.8) is 0 Å². The van der Waals surface area contributed by atoms with E-state index in [1.807, 2.05) is 29.7 Å². The molecule has 7 heteroatoms. The number of thiophene rings is 1. The molecule has 0 amide bonds. The summed E-state index contributed by atoms with van der Waals surface area (Å²) in [6.07, 6.45) is 3.11. The summed E-state index contributed by atoms with van der Waals surface area (Å²) in [5, 5.41) is 3.14. The van der Waals surface area contributed by atoms with E-state index in [2.05, 4.69) is 7.05 Å². The van der Waals surface area contributed by atoms with Crippen LogP contribution in [-0.4, -0.2) is 29.8 Å². The molecule has 0 spiro atoms. The Hall–Kier alpha value is -1.15. The summed E-state index contributed by atoms with van der Waals surface area (Å²) in [5.74, 6) is 0.595. The smallest absolute Gasteiger partial charge is 0.189 e. The maximum absolute atomic E-state index is 13.1. The van der Waals surface area contributed by atoms with Crippen LogP contribution < -0.4 is 4.90 Å². The third kappa shape index (κ3) is 3.56. The zero-order valence-electron chi connectivity index (χ0n) is 14.1. The SMILES string of the molecule is CSc1nc(SCc2ccc(F)cc2)c2c3c(sc2n1)C[NH+](C)CC3. The molecule has 130 valence electrons. The van der Waals surface area contributed by atoms with E-state index in [4.69, 9.17) is 9.97 Å². The van der Waals surface area contributed by atoms with Gasteiger partial charge in [0.1, 0.15) is 22.2 Å². The van der Waals surface area contributed by atoms with Crippen molar-refractivity contribution < 1.29 is 9.29 Å². The minimum atomic E-state index is -0.193. The van der Waals surface area contributed by atoms with Gasteiger partial charge in [-0.15, -0.1) is 23.1 Å². The Balaban J connectivity index is 1.72. The number of quaternary nitrogens is 1. The number of nitrogens with zero attached hydrogens (tertiary/aromatic N) is 2. The van der Waals surface area contributed by atoms with Gasteiger partial charge in [0.2, 0.25) is 0 Å². The Morgan fingerprint density at radius 1 is 1.24 bits per heavy atom. The molecule has 0 saturated carbocycles. The van der Waals surface area contributed by atoms with Crippen molar-refractivity contribution in [2.75, 3.05) is 19.8 Å². The number of nitrogens with one attached hydrogen (secondary N) is 1. The van der Waals surface area contributed by atoms with Crippen LogP contribution in [0.2, 0.25) is 0 Å².